The zero-order valence-electron chi connectivity index (χ0n) is 10.5. The Labute approximate surface area is 120 Å². The highest BCUT2D eigenvalue weighted by Crippen LogP contribution is 2.21. The number of hydrogen-bond acceptors (Lipinski definition) is 1. The van der Waals surface area contributed by atoms with Crippen LogP contribution < -0.4 is 0 Å². The zero-order chi connectivity index (χ0) is 14.1. The van der Waals surface area contributed by atoms with E-state index in [9.17, 15) is 9.18 Å². The minimum absolute atomic E-state index is 0.0579. The van der Waals surface area contributed by atoms with Crippen molar-refractivity contribution in [2.45, 2.75) is 6.54 Å². The van der Waals surface area contributed by atoms with Crippen LogP contribution in [-0.2, 0) is 6.54 Å². The molecule has 0 bridgehead atoms. The third kappa shape index (κ3) is 2.45. The summed E-state index contributed by atoms with van der Waals surface area (Å²) in [5.74, 6) is -0.403. The summed E-state index contributed by atoms with van der Waals surface area (Å²) >= 11 is 5.93. The monoisotopic (exact) mass is 287 g/mol. The van der Waals surface area contributed by atoms with Gasteiger partial charge in [0.05, 0.1) is 6.54 Å². The minimum atomic E-state index is -0.345. The summed E-state index contributed by atoms with van der Waals surface area (Å²) in [7, 11) is 0. The summed E-state index contributed by atoms with van der Waals surface area (Å²) in [5.41, 5.74) is 1.45. The van der Waals surface area contributed by atoms with E-state index >= 15 is 0 Å². The van der Waals surface area contributed by atoms with Gasteiger partial charge < -0.3 is 4.57 Å². The Morgan fingerprint density at radius 3 is 2.60 bits per heavy atom. The van der Waals surface area contributed by atoms with Gasteiger partial charge in [-0.25, -0.2) is 4.39 Å². The van der Waals surface area contributed by atoms with Crippen LogP contribution in [-0.4, -0.2) is 10.4 Å². The van der Waals surface area contributed by atoms with Crippen molar-refractivity contribution in [1.82, 2.24) is 4.57 Å². The number of aromatic nitrogens is 1. The van der Waals surface area contributed by atoms with Gasteiger partial charge in [0.2, 0.25) is 0 Å². The number of ketones is 1. The van der Waals surface area contributed by atoms with Crippen LogP contribution in [0.2, 0.25) is 5.02 Å². The quantitative estimate of drug-likeness (QED) is 0.658. The molecule has 2 aromatic carbocycles. The number of carbonyl (C=O) groups excluding carboxylic acids is 1. The first-order valence-electron chi connectivity index (χ1n) is 6.17. The predicted octanol–water partition coefficient (Wildman–Crippen LogP) is 4.32. The molecule has 0 atom stereocenters. The first kappa shape index (κ1) is 12.9. The second-order valence-electron chi connectivity index (χ2n) is 4.58. The number of rotatable bonds is 3. The lowest BCUT2D eigenvalue weighted by atomic mass is 10.1. The molecule has 0 aliphatic heterocycles. The predicted molar refractivity (Wildman–Crippen MR) is 77.7 cm³/mol. The number of carbonyl (C=O) groups is 1. The Kier molecular flexibility index (Phi) is 3.28. The SMILES string of the molecule is O=C(Cn1ccc2cc(Cl)ccc21)c1ccc(F)cc1. The van der Waals surface area contributed by atoms with Crippen LogP contribution in [0.5, 0.6) is 0 Å². The maximum atomic E-state index is 12.8. The van der Waals surface area contributed by atoms with Crippen molar-refractivity contribution in [3.8, 4) is 0 Å². The van der Waals surface area contributed by atoms with Crippen molar-refractivity contribution >= 4 is 28.3 Å². The molecule has 4 heteroatoms. The lowest BCUT2D eigenvalue weighted by Crippen LogP contribution is -2.09. The third-order valence-corrected chi connectivity index (χ3v) is 3.45. The Bertz CT molecular complexity index is 777. The number of hydrogen-bond donors (Lipinski definition) is 0. The van der Waals surface area contributed by atoms with E-state index in [0.29, 0.717) is 10.6 Å². The molecule has 0 radical (unpaired) electrons. The zero-order valence-corrected chi connectivity index (χ0v) is 11.3. The van der Waals surface area contributed by atoms with E-state index < -0.39 is 0 Å². The average Bonchev–Trinajstić information content (AvgIpc) is 2.81. The number of Topliss-reactive ketones (excluding diaryl/α,β-unsaturated/α-hetero) is 1. The Balaban J connectivity index is 1.89. The van der Waals surface area contributed by atoms with Crippen LogP contribution in [0.1, 0.15) is 10.4 Å². The summed E-state index contributed by atoms with van der Waals surface area (Å²) in [5, 5.41) is 1.66. The van der Waals surface area contributed by atoms with E-state index in [1.165, 1.54) is 24.3 Å². The lowest BCUT2D eigenvalue weighted by molar-refractivity contribution is 0.0973. The number of benzene rings is 2. The molecule has 0 unspecified atom stereocenters. The first-order valence-corrected chi connectivity index (χ1v) is 6.54. The lowest BCUT2D eigenvalue weighted by Gasteiger charge is -2.05. The van der Waals surface area contributed by atoms with Crippen molar-refractivity contribution in [3.63, 3.8) is 0 Å². The fourth-order valence-corrected chi connectivity index (χ4v) is 2.37. The normalized spacial score (nSPS) is 10.9. The highest BCUT2D eigenvalue weighted by Gasteiger charge is 2.09. The Morgan fingerprint density at radius 1 is 1.10 bits per heavy atom. The molecule has 100 valence electrons. The molecule has 1 heterocycles. The van der Waals surface area contributed by atoms with E-state index in [0.717, 1.165) is 10.9 Å². The second-order valence-corrected chi connectivity index (χ2v) is 5.01. The molecule has 0 saturated heterocycles. The van der Waals surface area contributed by atoms with Crippen molar-refractivity contribution in [2.75, 3.05) is 0 Å². The van der Waals surface area contributed by atoms with E-state index in [1.807, 2.05) is 29.0 Å². The second kappa shape index (κ2) is 5.10. The fourth-order valence-electron chi connectivity index (χ4n) is 2.19. The molecular formula is C16H11ClFNO. The van der Waals surface area contributed by atoms with Gasteiger partial charge in [-0.1, -0.05) is 11.6 Å². The van der Waals surface area contributed by atoms with Gasteiger partial charge in [-0.05, 0) is 48.5 Å². The van der Waals surface area contributed by atoms with Gasteiger partial charge in [-0.2, -0.15) is 0 Å². The molecule has 0 aliphatic rings. The minimum Gasteiger partial charge on any atom is -0.340 e. The van der Waals surface area contributed by atoms with Crippen molar-refractivity contribution < 1.29 is 9.18 Å². The number of nitrogens with zero attached hydrogens (tertiary/aromatic N) is 1. The van der Waals surface area contributed by atoms with Crippen molar-refractivity contribution in [1.29, 1.82) is 0 Å². The van der Waals surface area contributed by atoms with E-state index in [1.54, 1.807) is 6.07 Å². The van der Waals surface area contributed by atoms with Crippen molar-refractivity contribution in [3.05, 3.63) is 71.1 Å². The van der Waals surface area contributed by atoms with Gasteiger partial charge in [0.25, 0.3) is 0 Å². The first-order chi connectivity index (χ1) is 9.63. The molecule has 1 aromatic heterocycles. The molecule has 0 saturated carbocycles. The molecule has 0 fully saturated rings. The molecule has 20 heavy (non-hydrogen) atoms. The van der Waals surface area contributed by atoms with Gasteiger partial charge in [0.15, 0.2) is 5.78 Å². The summed E-state index contributed by atoms with van der Waals surface area (Å²) in [6.45, 7) is 0.219. The summed E-state index contributed by atoms with van der Waals surface area (Å²) in [6.07, 6.45) is 1.85. The molecule has 2 nitrogen and oxygen atoms in total. The molecular weight excluding hydrogens is 277 g/mol. The maximum absolute atomic E-state index is 12.8. The highest BCUT2D eigenvalue weighted by atomic mass is 35.5. The largest absolute Gasteiger partial charge is 0.340 e. The summed E-state index contributed by atoms with van der Waals surface area (Å²) < 4.78 is 14.7. The van der Waals surface area contributed by atoms with E-state index in [2.05, 4.69) is 0 Å². The topological polar surface area (TPSA) is 22.0 Å². The average molecular weight is 288 g/mol. The van der Waals surface area contributed by atoms with Crippen LogP contribution in [0.3, 0.4) is 0 Å². The molecule has 0 aliphatic carbocycles. The van der Waals surface area contributed by atoms with Gasteiger partial charge in [-0.3, -0.25) is 4.79 Å². The van der Waals surface area contributed by atoms with Crippen LogP contribution in [0, 0.1) is 5.82 Å². The third-order valence-electron chi connectivity index (χ3n) is 3.21. The molecule has 0 amide bonds. The van der Waals surface area contributed by atoms with Crippen LogP contribution >= 0.6 is 11.6 Å². The summed E-state index contributed by atoms with van der Waals surface area (Å²) in [4.78, 5) is 12.2. The smallest absolute Gasteiger partial charge is 0.182 e. The van der Waals surface area contributed by atoms with Crippen molar-refractivity contribution in [2.24, 2.45) is 0 Å². The summed E-state index contributed by atoms with van der Waals surface area (Å²) in [6, 6.07) is 13.0. The fraction of sp³-hybridized carbons (Fsp3) is 0.0625. The van der Waals surface area contributed by atoms with Gasteiger partial charge in [0.1, 0.15) is 5.82 Å². The van der Waals surface area contributed by atoms with E-state index in [4.69, 9.17) is 11.6 Å². The Morgan fingerprint density at radius 2 is 1.85 bits per heavy atom. The number of halogens is 2. The van der Waals surface area contributed by atoms with Crippen LogP contribution in [0.25, 0.3) is 10.9 Å². The van der Waals surface area contributed by atoms with Crippen LogP contribution in [0.15, 0.2) is 54.7 Å². The van der Waals surface area contributed by atoms with Gasteiger partial charge in [0, 0.05) is 27.7 Å². The maximum Gasteiger partial charge on any atom is 0.182 e. The standard InChI is InChI=1S/C16H11ClFNO/c17-13-3-6-15-12(9-13)7-8-19(15)10-16(20)11-1-4-14(18)5-2-11/h1-9H,10H2. The molecule has 0 spiro atoms. The van der Waals surface area contributed by atoms with Gasteiger partial charge >= 0.3 is 0 Å². The van der Waals surface area contributed by atoms with Crippen LogP contribution in [0.4, 0.5) is 4.39 Å². The number of fused-ring (bicyclic) bond motifs is 1. The Hall–Kier alpha value is -2.13. The van der Waals surface area contributed by atoms with E-state index in [-0.39, 0.29) is 18.1 Å². The highest BCUT2D eigenvalue weighted by molar-refractivity contribution is 6.31. The molecule has 0 N–H and O–H groups in total. The molecule has 3 rings (SSSR count). The van der Waals surface area contributed by atoms with Gasteiger partial charge in [-0.15, -0.1) is 0 Å². The molecule has 3 aromatic rings.